The molecule has 0 bridgehead atoms. The second-order valence-electron chi connectivity index (χ2n) is 3.04. The summed E-state index contributed by atoms with van der Waals surface area (Å²) in [5.41, 5.74) is -0.191. The summed E-state index contributed by atoms with van der Waals surface area (Å²) in [6, 6.07) is 6.70. The molecule has 0 spiro atoms. The third-order valence-corrected chi connectivity index (χ3v) is 2.07. The molecule has 17 heavy (non-hydrogen) atoms. The van der Waals surface area contributed by atoms with Crippen LogP contribution in [0.25, 0.3) is 0 Å². The van der Waals surface area contributed by atoms with E-state index in [0.717, 1.165) is 12.4 Å². The average molecular weight is 252 g/mol. The van der Waals surface area contributed by atoms with Gasteiger partial charge in [-0.15, -0.1) is 0 Å². The molecule has 6 nitrogen and oxygen atoms in total. The van der Waals surface area contributed by atoms with Crippen molar-refractivity contribution in [2.75, 3.05) is 0 Å². The third kappa shape index (κ3) is 2.88. The van der Waals surface area contributed by atoms with Crippen molar-refractivity contribution < 1.29 is 9.66 Å². The topological polar surface area (TPSA) is 78.2 Å². The summed E-state index contributed by atoms with van der Waals surface area (Å²) in [7, 11) is 0. The maximum absolute atomic E-state index is 10.4. The molecule has 0 aliphatic carbocycles. The fourth-order valence-electron chi connectivity index (χ4n) is 1.09. The van der Waals surface area contributed by atoms with E-state index in [1.807, 2.05) is 0 Å². The Bertz CT molecular complexity index is 545. The van der Waals surface area contributed by atoms with Crippen molar-refractivity contribution in [3.05, 3.63) is 51.8 Å². The van der Waals surface area contributed by atoms with Gasteiger partial charge < -0.3 is 4.74 Å². The van der Waals surface area contributed by atoms with Gasteiger partial charge in [0.2, 0.25) is 0 Å². The smallest absolute Gasteiger partial charge is 0.322 e. The SMILES string of the molecule is O=[N+]([O-])c1cnc(Oc2cccc(Cl)c2)nc1. The molecule has 0 aliphatic heterocycles. The van der Waals surface area contributed by atoms with Gasteiger partial charge in [0, 0.05) is 5.02 Å². The molecule has 0 amide bonds. The maximum Gasteiger partial charge on any atom is 0.322 e. The van der Waals surface area contributed by atoms with Crippen LogP contribution in [0.2, 0.25) is 5.02 Å². The fourth-order valence-corrected chi connectivity index (χ4v) is 1.27. The molecule has 0 radical (unpaired) electrons. The lowest BCUT2D eigenvalue weighted by atomic mass is 10.3. The van der Waals surface area contributed by atoms with E-state index in [1.54, 1.807) is 24.3 Å². The number of hydrogen-bond acceptors (Lipinski definition) is 5. The number of rotatable bonds is 3. The van der Waals surface area contributed by atoms with E-state index in [2.05, 4.69) is 9.97 Å². The highest BCUT2D eigenvalue weighted by atomic mass is 35.5. The van der Waals surface area contributed by atoms with Gasteiger partial charge in [0.1, 0.15) is 18.1 Å². The van der Waals surface area contributed by atoms with Gasteiger partial charge in [0.15, 0.2) is 0 Å². The first-order valence-corrected chi connectivity index (χ1v) is 4.93. The van der Waals surface area contributed by atoms with Crippen molar-refractivity contribution in [1.29, 1.82) is 0 Å². The molecule has 0 saturated heterocycles. The van der Waals surface area contributed by atoms with E-state index in [9.17, 15) is 10.1 Å². The van der Waals surface area contributed by atoms with Gasteiger partial charge in [-0.2, -0.15) is 9.97 Å². The Morgan fingerprint density at radius 2 is 2.00 bits per heavy atom. The molecular weight excluding hydrogens is 246 g/mol. The summed E-state index contributed by atoms with van der Waals surface area (Å²) >= 11 is 5.77. The van der Waals surface area contributed by atoms with Crippen molar-refractivity contribution in [1.82, 2.24) is 9.97 Å². The normalized spacial score (nSPS) is 9.94. The van der Waals surface area contributed by atoms with Crippen LogP contribution in [0.5, 0.6) is 11.8 Å². The van der Waals surface area contributed by atoms with Crippen LogP contribution in [-0.4, -0.2) is 14.9 Å². The average Bonchev–Trinajstić information content (AvgIpc) is 2.29. The zero-order valence-electron chi connectivity index (χ0n) is 8.41. The summed E-state index contributed by atoms with van der Waals surface area (Å²) in [6.07, 6.45) is 2.15. The van der Waals surface area contributed by atoms with E-state index >= 15 is 0 Å². The van der Waals surface area contributed by atoms with Crippen LogP contribution in [0.1, 0.15) is 0 Å². The standard InChI is InChI=1S/C10H6ClN3O3/c11-7-2-1-3-9(4-7)17-10-12-5-8(6-13-10)14(15)16/h1-6H. The van der Waals surface area contributed by atoms with Gasteiger partial charge in [0.05, 0.1) is 4.92 Å². The van der Waals surface area contributed by atoms with Crippen molar-refractivity contribution >= 4 is 17.3 Å². The summed E-state index contributed by atoms with van der Waals surface area (Å²) in [4.78, 5) is 17.2. The second kappa shape index (κ2) is 4.75. The molecule has 86 valence electrons. The summed E-state index contributed by atoms with van der Waals surface area (Å²) < 4.78 is 5.26. The number of halogens is 1. The molecule has 0 aliphatic rings. The monoisotopic (exact) mass is 251 g/mol. The van der Waals surface area contributed by atoms with Gasteiger partial charge in [0.25, 0.3) is 0 Å². The minimum atomic E-state index is -0.580. The van der Waals surface area contributed by atoms with E-state index in [-0.39, 0.29) is 11.7 Å². The quantitative estimate of drug-likeness (QED) is 0.619. The fraction of sp³-hybridized carbons (Fsp3) is 0. The Labute approximate surface area is 101 Å². The second-order valence-corrected chi connectivity index (χ2v) is 3.48. The molecule has 2 aromatic rings. The van der Waals surface area contributed by atoms with Crippen LogP contribution in [0.15, 0.2) is 36.7 Å². The summed E-state index contributed by atoms with van der Waals surface area (Å²) in [5.74, 6) is 0.464. The van der Waals surface area contributed by atoms with Gasteiger partial charge in [-0.25, -0.2) is 0 Å². The molecule has 1 aromatic carbocycles. The van der Waals surface area contributed by atoms with Crippen LogP contribution in [-0.2, 0) is 0 Å². The Kier molecular flexibility index (Phi) is 3.15. The molecule has 1 heterocycles. The molecule has 0 atom stereocenters. The highest BCUT2D eigenvalue weighted by molar-refractivity contribution is 6.30. The van der Waals surface area contributed by atoms with Gasteiger partial charge in [-0.05, 0) is 18.2 Å². The molecule has 7 heteroatoms. The Hall–Kier alpha value is -2.21. The van der Waals surface area contributed by atoms with Crippen LogP contribution >= 0.6 is 11.6 Å². The summed E-state index contributed by atoms with van der Waals surface area (Å²) in [6.45, 7) is 0. The Morgan fingerprint density at radius 1 is 1.29 bits per heavy atom. The van der Waals surface area contributed by atoms with E-state index < -0.39 is 4.92 Å². The number of hydrogen-bond donors (Lipinski definition) is 0. The highest BCUT2D eigenvalue weighted by Gasteiger charge is 2.07. The van der Waals surface area contributed by atoms with Crippen LogP contribution < -0.4 is 4.74 Å². The molecular formula is C10H6ClN3O3. The first-order valence-electron chi connectivity index (χ1n) is 4.55. The number of nitrogens with zero attached hydrogens (tertiary/aromatic N) is 3. The van der Waals surface area contributed by atoms with E-state index in [1.165, 1.54) is 0 Å². The van der Waals surface area contributed by atoms with Gasteiger partial charge >= 0.3 is 11.7 Å². The minimum absolute atomic E-state index is 0.0258. The maximum atomic E-state index is 10.4. The van der Waals surface area contributed by atoms with Crippen molar-refractivity contribution in [3.8, 4) is 11.8 Å². The molecule has 2 rings (SSSR count). The third-order valence-electron chi connectivity index (χ3n) is 1.83. The molecule has 0 fully saturated rings. The zero-order chi connectivity index (χ0) is 12.3. The minimum Gasteiger partial charge on any atom is -0.424 e. The van der Waals surface area contributed by atoms with Crippen LogP contribution in [0.4, 0.5) is 5.69 Å². The predicted octanol–water partition coefficient (Wildman–Crippen LogP) is 2.83. The lowest BCUT2D eigenvalue weighted by Crippen LogP contribution is -1.94. The van der Waals surface area contributed by atoms with Crippen molar-refractivity contribution in [3.63, 3.8) is 0 Å². The number of aromatic nitrogens is 2. The molecule has 1 aromatic heterocycles. The van der Waals surface area contributed by atoms with Crippen LogP contribution in [0.3, 0.4) is 0 Å². The molecule has 0 saturated carbocycles. The Morgan fingerprint density at radius 3 is 2.59 bits per heavy atom. The van der Waals surface area contributed by atoms with Crippen molar-refractivity contribution in [2.24, 2.45) is 0 Å². The van der Waals surface area contributed by atoms with E-state index in [4.69, 9.17) is 16.3 Å². The first kappa shape index (κ1) is 11.3. The predicted molar refractivity (Wildman–Crippen MR) is 60.2 cm³/mol. The van der Waals surface area contributed by atoms with Gasteiger partial charge in [-0.1, -0.05) is 17.7 Å². The number of nitro groups is 1. The number of ether oxygens (including phenoxy) is 1. The highest BCUT2D eigenvalue weighted by Crippen LogP contribution is 2.21. The lowest BCUT2D eigenvalue weighted by molar-refractivity contribution is -0.385. The lowest BCUT2D eigenvalue weighted by Gasteiger charge is -2.02. The molecule has 0 unspecified atom stereocenters. The largest absolute Gasteiger partial charge is 0.424 e. The molecule has 0 N–H and O–H groups in total. The van der Waals surface area contributed by atoms with Crippen molar-refractivity contribution in [2.45, 2.75) is 0 Å². The zero-order valence-corrected chi connectivity index (χ0v) is 9.16. The summed E-state index contributed by atoms with van der Waals surface area (Å²) in [5, 5.41) is 10.9. The van der Waals surface area contributed by atoms with Gasteiger partial charge in [-0.3, -0.25) is 10.1 Å². The first-order chi connectivity index (χ1) is 8.15. The number of benzene rings is 1. The van der Waals surface area contributed by atoms with E-state index in [0.29, 0.717) is 10.8 Å². The Balaban J connectivity index is 2.16. The van der Waals surface area contributed by atoms with Crippen LogP contribution in [0, 0.1) is 10.1 Å².